The number of rotatable bonds is 8. The van der Waals surface area contributed by atoms with Gasteiger partial charge in [0.2, 0.25) is 5.91 Å². The summed E-state index contributed by atoms with van der Waals surface area (Å²) >= 11 is 12.1. The van der Waals surface area contributed by atoms with E-state index in [1.54, 1.807) is 32.4 Å². The number of amides is 1. The van der Waals surface area contributed by atoms with Crippen LogP contribution in [0, 0.1) is 0 Å². The molecule has 1 amide bonds. The minimum Gasteiger partial charge on any atom is -0.493 e. The predicted molar refractivity (Wildman–Crippen MR) is 106 cm³/mol. The number of hydrogen-bond donors (Lipinski definition) is 1. The van der Waals surface area contributed by atoms with Crippen LogP contribution in [0.25, 0.3) is 0 Å². The first-order chi connectivity index (χ1) is 12.4. The van der Waals surface area contributed by atoms with E-state index in [0.29, 0.717) is 46.7 Å². The lowest BCUT2D eigenvalue weighted by Crippen LogP contribution is -2.24. The van der Waals surface area contributed by atoms with Crippen molar-refractivity contribution in [2.45, 2.75) is 13.0 Å². The number of carbonyl (C=O) groups is 1. The van der Waals surface area contributed by atoms with E-state index >= 15 is 0 Å². The van der Waals surface area contributed by atoms with Gasteiger partial charge in [-0.1, -0.05) is 35.3 Å². The number of nitrogens with zero attached hydrogens (tertiary/aromatic N) is 1. The third kappa shape index (κ3) is 5.53. The van der Waals surface area contributed by atoms with Crippen molar-refractivity contribution >= 4 is 34.8 Å². The Labute approximate surface area is 163 Å². The fourth-order valence-electron chi connectivity index (χ4n) is 2.48. The SMILES string of the molecule is COc1ccc(CN(C)CCC(=O)Nc2c(Cl)cccc2Cl)cc1OC. The lowest BCUT2D eigenvalue weighted by Gasteiger charge is -2.18. The van der Waals surface area contributed by atoms with Gasteiger partial charge in [0, 0.05) is 19.5 Å². The molecule has 2 aromatic carbocycles. The molecule has 0 atom stereocenters. The van der Waals surface area contributed by atoms with Gasteiger partial charge in [-0.3, -0.25) is 4.79 Å². The highest BCUT2D eigenvalue weighted by Crippen LogP contribution is 2.30. The van der Waals surface area contributed by atoms with Crippen LogP contribution in [-0.2, 0) is 11.3 Å². The Morgan fingerprint density at radius 3 is 2.35 bits per heavy atom. The zero-order valence-electron chi connectivity index (χ0n) is 15.0. The molecule has 2 rings (SSSR count). The summed E-state index contributed by atoms with van der Waals surface area (Å²) in [5.41, 5.74) is 1.52. The average molecular weight is 397 g/mol. The van der Waals surface area contributed by atoms with Crippen LogP contribution in [0.5, 0.6) is 11.5 Å². The molecular weight excluding hydrogens is 375 g/mol. The fourth-order valence-corrected chi connectivity index (χ4v) is 2.97. The van der Waals surface area contributed by atoms with Crippen LogP contribution in [0.3, 0.4) is 0 Å². The van der Waals surface area contributed by atoms with Crippen molar-refractivity contribution in [3.63, 3.8) is 0 Å². The Morgan fingerprint density at radius 1 is 1.08 bits per heavy atom. The second kappa shape index (κ2) is 9.67. The maximum Gasteiger partial charge on any atom is 0.225 e. The van der Waals surface area contributed by atoms with Gasteiger partial charge < -0.3 is 19.7 Å². The van der Waals surface area contributed by atoms with Crippen molar-refractivity contribution in [3.05, 3.63) is 52.0 Å². The Balaban J connectivity index is 1.88. The van der Waals surface area contributed by atoms with Crippen molar-refractivity contribution < 1.29 is 14.3 Å². The van der Waals surface area contributed by atoms with E-state index < -0.39 is 0 Å². The van der Waals surface area contributed by atoms with Crippen LogP contribution >= 0.6 is 23.2 Å². The predicted octanol–water partition coefficient (Wildman–Crippen LogP) is 4.47. The zero-order valence-corrected chi connectivity index (χ0v) is 16.5. The van der Waals surface area contributed by atoms with Gasteiger partial charge in [-0.25, -0.2) is 0 Å². The third-order valence-electron chi connectivity index (χ3n) is 3.85. The van der Waals surface area contributed by atoms with Crippen LogP contribution in [-0.4, -0.2) is 38.6 Å². The molecular formula is C19H22Cl2N2O3. The Hall–Kier alpha value is -1.95. The second-order valence-electron chi connectivity index (χ2n) is 5.82. The highest BCUT2D eigenvalue weighted by Gasteiger charge is 2.11. The van der Waals surface area contributed by atoms with Gasteiger partial charge in [-0.15, -0.1) is 0 Å². The molecule has 26 heavy (non-hydrogen) atoms. The molecule has 140 valence electrons. The van der Waals surface area contributed by atoms with Crippen LogP contribution in [0.4, 0.5) is 5.69 Å². The summed E-state index contributed by atoms with van der Waals surface area (Å²) in [4.78, 5) is 14.2. The smallest absolute Gasteiger partial charge is 0.225 e. The number of hydrogen-bond acceptors (Lipinski definition) is 4. The first-order valence-electron chi connectivity index (χ1n) is 8.08. The van der Waals surface area contributed by atoms with Crippen molar-refractivity contribution in [1.29, 1.82) is 0 Å². The van der Waals surface area contributed by atoms with Crippen LogP contribution in [0.15, 0.2) is 36.4 Å². The lowest BCUT2D eigenvalue weighted by atomic mass is 10.2. The topological polar surface area (TPSA) is 50.8 Å². The van der Waals surface area contributed by atoms with Crippen molar-refractivity contribution in [2.24, 2.45) is 0 Å². The molecule has 0 unspecified atom stereocenters. The number of halogens is 2. The molecule has 1 N–H and O–H groups in total. The van der Waals surface area contributed by atoms with Gasteiger partial charge in [0.1, 0.15) is 0 Å². The molecule has 2 aromatic rings. The van der Waals surface area contributed by atoms with E-state index in [9.17, 15) is 4.79 Å². The van der Waals surface area contributed by atoms with E-state index in [4.69, 9.17) is 32.7 Å². The molecule has 0 fully saturated rings. The minimum atomic E-state index is -0.140. The summed E-state index contributed by atoms with van der Waals surface area (Å²) in [5.74, 6) is 1.23. The molecule has 0 aromatic heterocycles. The van der Waals surface area contributed by atoms with E-state index in [2.05, 4.69) is 10.2 Å². The van der Waals surface area contributed by atoms with Gasteiger partial charge in [-0.2, -0.15) is 0 Å². The number of benzene rings is 2. The molecule has 0 spiro atoms. The molecule has 7 heteroatoms. The van der Waals surface area contributed by atoms with Crippen LogP contribution in [0.1, 0.15) is 12.0 Å². The summed E-state index contributed by atoms with van der Waals surface area (Å²) in [6.07, 6.45) is 0.325. The van der Waals surface area contributed by atoms with Gasteiger partial charge in [0.25, 0.3) is 0 Å². The van der Waals surface area contributed by atoms with E-state index in [-0.39, 0.29) is 5.91 Å². The standard InChI is InChI=1S/C19H22Cl2N2O3/c1-23(12-13-7-8-16(25-2)17(11-13)26-3)10-9-18(24)22-19-14(20)5-4-6-15(19)21/h4-8,11H,9-10,12H2,1-3H3,(H,22,24). The summed E-state index contributed by atoms with van der Waals surface area (Å²) in [7, 11) is 5.16. The Bertz CT molecular complexity index is 748. The molecule has 5 nitrogen and oxygen atoms in total. The molecule has 0 bridgehead atoms. The number of para-hydroxylation sites is 1. The quantitative estimate of drug-likeness (QED) is 0.714. The number of nitrogens with one attached hydrogen (secondary N) is 1. The normalized spacial score (nSPS) is 10.7. The van der Waals surface area contributed by atoms with Gasteiger partial charge >= 0.3 is 0 Å². The number of anilines is 1. The maximum atomic E-state index is 12.2. The zero-order chi connectivity index (χ0) is 19.1. The summed E-state index contributed by atoms with van der Waals surface area (Å²) in [6.45, 7) is 1.27. The van der Waals surface area contributed by atoms with E-state index in [1.807, 2.05) is 25.2 Å². The van der Waals surface area contributed by atoms with Crippen LogP contribution < -0.4 is 14.8 Å². The lowest BCUT2D eigenvalue weighted by molar-refractivity contribution is -0.116. The Kier molecular flexibility index (Phi) is 7.57. The minimum absolute atomic E-state index is 0.140. The van der Waals surface area contributed by atoms with Crippen molar-refractivity contribution in [2.75, 3.05) is 33.1 Å². The van der Waals surface area contributed by atoms with Gasteiger partial charge in [0.05, 0.1) is 30.0 Å². The average Bonchev–Trinajstić information content (AvgIpc) is 2.63. The molecule has 0 aliphatic heterocycles. The van der Waals surface area contributed by atoms with E-state index in [0.717, 1.165) is 5.56 Å². The highest BCUT2D eigenvalue weighted by atomic mass is 35.5. The summed E-state index contributed by atoms with van der Waals surface area (Å²) in [6, 6.07) is 10.9. The second-order valence-corrected chi connectivity index (χ2v) is 6.64. The number of carbonyl (C=O) groups excluding carboxylic acids is 1. The summed E-state index contributed by atoms with van der Waals surface area (Å²) < 4.78 is 10.6. The Morgan fingerprint density at radius 2 is 1.73 bits per heavy atom. The third-order valence-corrected chi connectivity index (χ3v) is 4.48. The molecule has 0 aliphatic rings. The van der Waals surface area contributed by atoms with Crippen molar-refractivity contribution in [1.82, 2.24) is 4.90 Å². The molecule has 0 radical (unpaired) electrons. The first-order valence-corrected chi connectivity index (χ1v) is 8.83. The number of ether oxygens (including phenoxy) is 2. The molecule has 0 saturated heterocycles. The van der Waals surface area contributed by atoms with Crippen LogP contribution in [0.2, 0.25) is 10.0 Å². The largest absolute Gasteiger partial charge is 0.493 e. The number of methoxy groups -OCH3 is 2. The van der Waals surface area contributed by atoms with Gasteiger partial charge in [-0.05, 0) is 36.9 Å². The monoisotopic (exact) mass is 396 g/mol. The van der Waals surface area contributed by atoms with E-state index in [1.165, 1.54) is 0 Å². The molecule has 0 aliphatic carbocycles. The highest BCUT2D eigenvalue weighted by molar-refractivity contribution is 6.39. The molecule has 0 heterocycles. The first kappa shape index (κ1) is 20.4. The maximum absolute atomic E-state index is 12.2. The van der Waals surface area contributed by atoms with Gasteiger partial charge in [0.15, 0.2) is 11.5 Å². The fraction of sp³-hybridized carbons (Fsp3) is 0.316. The molecule has 0 saturated carbocycles. The summed E-state index contributed by atoms with van der Waals surface area (Å²) in [5, 5.41) is 3.61. The van der Waals surface area contributed by atoms with Crippen molar-refractivity contribution in [3.8, 4) is 11.5 Å².